The number of amides is 1. The van der Waals surface area contributed by atoms with Crippen molar-refractivity contribution in [1.29, 1.82) is 0 Å². The van der Waals surface area contributed by atoms with Crippen molar-refractivity contribution in [2.45, 2.75) is 32.7 Å². The number of amidine groups is 1. The van der Waals surface area contributed by atoms with Crippen LogP contribution < -0.4 is 5.32 Å². The Labute approximate surface area is 99.8 Å². The zero-order valence-electron chi connectivity index (χ0n) is 9.96. The van der Waals surface area contributed by atoms with Gasteiger partial charge in [-0.3, -0.25) is 9.79 Å². The number of hydrogen-bond acceptors (Lipinski definition) is 2. The molecule has 0 spiro atoms. The van der Waals surface area contributed by atoms with Gasteiger partial charge in [-0.25, -0.2) is 4.39 Å². The molecule has 1 heterocycles. The smallest absolute Gasteiger partial charge is 0.250 e. The second-order valence-electron chi connectivity index (χ2n) is 4.29. The van der Waals surface area contributed by atoms with Gasteiger partial charge in [0.15, 0.2) is 0 Å². The Balaban J connectivity index is 2.29. The van der Waals surface area contributed by atoms with E-state index in [1.54, 1.807) is 0 Å². The number of nitrogens with zero attached hydrogens (tertiary/aromatic N) is 1. The molecule has 90 valence electrons. The van der Waals surface area contributed by atoms with E-state index in [9.17, 15) is 9.18 Å². The normalized spacial score (nSPS) is 19.1. The molecule has 0 fully saturated rings. The molecule has 1 aromatic rings. The van der Waals surface area contributed by atoms with Crippen LogP contribution in [0.1, 0.15) is 30.9 Å². The number of benzene rings is 1. The Morgan fingerprint density at radius 2 is 2.18 bits per heavy atom. The molecule has 0 aromatic heterocycles. The average Bonchev–Trinajstić information content (AvgIpc) is 2.60. The molecular weight excluding hydrogens is 219 g/mol. The Morgan fingerprint density at radius 3 is 2.82 bits per heavy atom. The monoisotopic (exact) mass is 234 g/mol. The molecule has 17 heavy (non-hydrogen) atoms. The molecule has 1 N–H and O–H groups in total. The van der Waals surface area contributed by atoms with Gasteiger partial charge in [0, 0.05) is 5.56 Å². The Hall–Kier alpha value is -1.71. The van der Waals surface area contributed by atoms with E-state index in [0.717, 1.165) is 18.4 Å². The van der Waals surface area contributed by atoms with Crippen LogP contribution in [0.5, 0.6) is 0 Å². The van der Waals surface area contributed by atoms with Gasteiger partial charge < -0.3 is 5.32 Å². The highest BCUT2D eigenvalue weighted by Gasteiger charge is 2.26. The van der Waals surface area contributed by atoms with Crippen molar-refractivity contribution in [1.82, 2.24) is 5.32 Å². The summed E-state index contributed by atoms with van der Waals surface area (Å²) in [6, 6.07) is 4.33. The van der Waals surface area contributed by atoms with Crippen molar-refractivity contribution in [3.05, 3.63) is 35.1 Å². The molecule has 0 saturated carbocycles. The summed E-state index contributed by atoms with van der Waals surface area (Å²) in [4.78, 5) is 15.9. The molecular formula is C13H15FN2O. The lowest BCUT2D eigenvalue weighted by Gasteiger charge is -2.02. The molecule has 3 nitrogen and oxygen atoms in total. The van der Waals surface area contributed by atoms with E-state index in [-0.39, 0.29) is 17.8 Å². The fourth-order valence-corrected chi connectivity index (χ4v) is 1.94. The van der Waals surface area contributed by atoms with E-state index < -0.39 is 0 Å². The Kier molecular flexibility index (Phi) is 3.22. The number of hydrogen-bond donors (Lipinski definition) is 1. The summed E-state index contributed by atoms with van der Waals surface area (Å²) in [5.74, 6) is 0.0794. The Bertz CT molecular complexity index is 462. The van der Waals surface area contributed by atoms with Crippen LogP contribution in [-0.4, -0.2) is 17.8 Å². The maximum atomic E-state index is 13.3. The minimum absolute atomic E-state index is 0.0937. The van der Waals surface area contributed by atoms with E-state index in [4.69, 9.17) is 0 Å². The van der Waals surface area contributed by atoms with Gasteiger partial charge in [0.05, 0.1) is 0 Å². The molecule has 4 heteroatoms. The number of aliphatic imine (C=N–C) groups is 1. The quantitative estimate of drug-likeness (QED) is 0.855. The first kappa shape index (κ1) is 11.8. The highest BCUT2D eigenvalue weighted by molar-refractivity contribution is 6.13. The summed E-state index contributed by atoms with van der Waals surface area (Å²) < 4.78 is 13.3. The predicted molar refractivity (Wildman–Crippen MR) is 64.5 cm³/mol. The third kappa shape index (κ3) is 2.52. The van der Waals surface area contributed by atoms with Crippen LogP contribution in [0.25, 0.3) is 0 Å². The predicted octanol–water partition coefficient (Wildman–Crippen LogP) is 2.18. The minimum atomic E-state index is -0.321. The van der Waals surface area contributed by atoms with Gasteiger partial charge in [-0.15, -0.1) is 0 Å². The summed E-state index contributed by atoms with van der Waals surface area (Å²) in [5.41, 5.74) is 1.45. The zero-order valence-corrected chi connectivity index (χ0v) is 9.96. The molecule has 0 bridgehead atoms. The summed E-state index contributed by atoms with van der Waals surface area (Å²) in [6.07, 6.45) is 1.63. The fraction of sp³-hybridized carbons (Fsp3) is 0.385. The van der Waals surface area contributed by atoms with Crippen LogP contribution in [-0.2, 0) is 4.79 Å². The summed E-state index contributed by atoms with van der Waals surface area (Å²) in [6.45, 7) is 3.82. The van der Waals surface area contributed by atoms with Gasteiger partial charge in [0.2, 0.25) is 5.91 Å². The third-order valence-corrected chi connectivity index (χ3v) is 2.71. The van der Waals surface area contributed by atoms with Crippen LogP contribution in [0, 0.1) is 12.7 Å². The number of halogens is 1. The standard InChI is InChI=1S/C13H15FN2O/c1-3-4-11-13(17)16-12(15-11)9-5-8(2)6-10(14)7-9/h5-7,11H,3-4H2,1-2H3,(H,15,16,17). The van der Waals surface area contributed by atoms with Gasteiger partial charge in [-0.05, 0) is 37.1 Å². The largest absolute Gasteiger partial charge is 0.309 e. The second-order valence-corrected chi connectivity index (χ2v) is 4.29. The molecule has 0 aliphatic carbocycles. The third-order valence-electron chi connectivity index (χ3n) is 2.71. The van der Waals surface area contributed by atoms with Crippen LogP contribution in [0.4, 0.5) is 4.39 Å². The van der Waals surface area contributed by atoms with Gasteiger partial charge in [0.25, 0.3) is 0 Å². The minimum Gasteiger partial charge on any atom is -0.309 e. The fourth-order valence-electron chi connectivity index (χ4n) is 1.94. The molecule has 1 unspecified atom stereocenters. The molecule has 2 rings (SSSR count). The first-order valence-corrected chi connectivity index (χ1v) is 5.76. The van der Waals surface area contributed by atoms with E-state index in [1.807, 2.05) is 19.9 Å². The highest BCUT2D eigenvalue weighted by Crippen LogP contribution is 2.14. The van der Waals surface area contributed by atoms with Gasteiger partial charge in [-0.2, -0.15) is 0 Å². The van der Waals surface area contributed by atoms with Gasteiger partial charge in [0.1, 0.15) is 17.7 Å². The van der Waals surface area contributed by atoms with Crippen molar-refractivity contribution in [2.75, 3.05) is 0 Å². The zero-order chi connectivity index (χ0) is 12.4. The lowest BCUT2D eigenvalue weighted by atomic mass is 10.1. The van der Waals surface area contributed by atoms with E-state index in [2.05, 4.69) is 10.3 Å². The summed E-state index contributed by atoms with van der Waals surface area (Å²) >= 11 is 0. The molecule has 1 atom stereocenters. The average molecular weight is 234 g/mol. The van der Waals surface area contributed by atoms with E-state index in [0.29, 0.717) is 11.4 Å². The topological polar surface area (TPSA) is 41.5 Å². The second kappa shape index (κ2) is 4.65. The molecule has 1 aliphatic rings. The van der Waals surface area contributed by atoms with Crippen molar-refractivity contribution in [3.8, 4) is 0 Å². The van der Waals surface area contributed by atoms with Crippen LogP contribution >= 0.6 is 0 Å². The van der Waals surface area contributed by atoms with Crippen molar-refractivity contribution in [2.24, 2.45) is 4.99 Å². The Morgan fingerprint density at radius 1 is 1.41 bits per heavy atom. The van der Waals surface area contributed by atoms with E-state index in [1.165, 1.54) is 12.1 Å². The molecule has 0 saturated heterocycles. The first-order valence-electron chi connectivity index (χ1n) is 5.76. The summed E-state index contributed by atoms with van der Waals surface area (Å²) in [5, 5.41) is 2.70. The lowest BCUT2D eigenvalue weighted by Crippen LogP contribution is -2.29. The maximum Gasteiger partial charge on any atom is 0.250 e. The van der Waals surface area contributed by atoms with Crippen LogP contribution in [0.15, 0.2) is 23.2 Å². The lowest BCUT2D eigenvalue weighted by molar-refractivity contribution is -0.120. The van der Waals surface area contributed by atoms with Crippen molar-refractivity contribution >= 4 is 11.7 Å². The van der Waals surface area contributed by atoms with Gasteiger partial charge in [-0.1, -0.05) is 13.3 Å². The van der Waals surface area contributed by atoms with Crippen molar-refractivity contribution < 1.29 is 9.18 Å². The van der Waals surface area contributed by atoms with E-state index >= 15 is 0 Å². The first-order chi connectivity index (χ1) is 8.10. The van der Waals surface area contributed by atoms with Crippen molar-refractivity contribution in [3.63, 3.8) is 0 Å². The maximum absolute atomic E-state index is 13.3. The molecule has 1 aromatic carbocycles. The number of rotatable bonds is 3. The summed E-state index contributed by atoms with van der Waals surface area (Å²) in [7, 11) is 0. The number of nitrogens with one attached hydrogen (secondary N) is 1. The van der Waals surface area contributed by atoms with Crippen LogP contribution in [0.2, 0.25) is 0 Å². The van der Waals surface area contributed by atoms with Crippen LogP contribution in [0.3, 0.4) is 0 Å². The number of carbonyl (C=O) groups excluding carboxylic acids is 1. The SMILES string of the molecule is CCCC1N=C(c2cc(C)cc(F)c2)NC1=O. The number of carbonyl (C=O) groups is 1. The highest BCUT2D eigenvalue weighted by atomic mass is 19.1. The van der Waals surface area contributed by atoms with Gasteiger partial charge >= 0.3 is 0 Å². The molecule has 0 radical (unpaired) electrons. The number of aryl methyl sites for hydroxylation is 1. The molecule has 1 aliphatic heterocycles. The molecule has 1 amide bonds.